The first-order valence-electron chi connectivity index (χ1n) is 16.8. The van der Waals surface area contributed by atoms with E-state index in [-0.39, 0.29) is 24.8 Å². The quantitative estimate of drug-likeness (QED) is 0.265. The minimum atomic E-state index is -1.06. The van der Waals surface area contributed by atoms with Crippen LogP contribution < -0.4 is 16.0 Å². The number of nitrogens with zero attached hydrogens (tertiary/aromatic N) is 4. The van der Waals surface area contributed by atoms with Crippen molar-refractivity contribution in [3.63, 3.8) is 0 Å². The summed E-state index contributed by atoms with van der Waals surface area (Å²) in [6, 6.07) is 3.50. The van der Waals surface area contributed by atoms with E-state index in [4.69, 9.17) is 4.74 Å². The lowest BCUT2D eigenvalue weighted by molar-refractivity contribution is -0.140. The first kappa shape index (κ1) is 35.4. The Morgan fingerprint density at radius 2 is 1.75 bits per heavy atom. The number of halogens is 2. The van der Waals surface area contributed by atoms with E-state index in [0.717, 1.165) is 25.7 Å². The number of carbonyl (C=O) groups is 4. The Hall–Kier alpha value is -3.91. The van der Waals surface area contributed by atoms with Crippen LogP contribution in [-0.4, -0.2) is 108 Å². The normalized spacial score (nSPS) is 20.2. The average Bonchev–Trinajstić information content (AvgIpc) is 4.03. The summed E-state index contributed by atoms with van der Waals surface area (Å²) in [6.07, 6.45) is 5.48. The summed E-state index contributed by atoms with van der Waals surface area (Å²) in [5.41, 5.74) is 0.711. The van der Waals surface area contributed by atoms with Crippen molar-refractivity contribution in [3.05, 3.63) is 47.5 Å². The summed E-state index contributed by atoms with van der Waals surface area (Å²) in [7, 11) is 3.16. The summed E-state index contributed by atoms with van der Waals surface area (Å²) < 4.78 is 35.9. The van der Waals surface area contributed by atoms with Gasteiger partial charge in [0.1, 0.15) is 36.9 Å². The molecular weight excluding hydrogens is 624 g/mol. The summed E-state index contributed by atoms with van der Waals surface area (Å²) in [4.78, 5) is 56.8. The average molecular weight is 672 g/mol. The van der Waals surface area contributed by atoms with Crippen LogP contribution in [0, 0.1) is 23.6 Å². The number of nitrogens with one attached hydrogen (secondary N) is 3. The Bertz CT molecular complexity index is 1470. The third-order valence-corrected chi connectivity index (χ3v) is 9.94. The molecular formula is C34H47F2N7O5. The fourth-order valence-corrected chi connectivity index (χ4v) is 6.80. The monoisotopic (exact) mass is 671 g/mol. The van der Waals surface area contributed by atoms with E-state index in [9.17, 15) is 23.6 Å². The van der Waals surface area contributed by atoms with Crippen LogP contribution in [-0.2, 0) is 25.7 Å². The SMILES string of the molecule is CCn1nccc1C(=O)N[C@H](C(=O)Nc1ccc([C@H](C)[C@@H](NC(=O)COC)C(=O)N2CCN(C)[C@@H](CF)C2)cc1F)C(C1CC1)C1CC1. The van der Waals surface area contributed by atoms with Crippen molar-refractivity contribution in [1.29, 1.82) is 0 Å². The number of anilines is 1. The number of likely N-dealkylation sites (N-methyl/N-ethyl adjacent to an activating group) is 1. The molecule has 4 atom stereocenters. The molecule has 5 rings (SSSR count). The van der Waals surface area contributed by atoms with Gasteiger partial charge in [0.2, 0.25) is 17.7 Å². The minimum Gasteiger partial charge on any atom is -0.375 e. The summed E-state index contributed by atoms with van der Waals surface area (Å²) in [6.45, 7) is 4.17. The van der Waals surface area contributed by atoms with Gasteiger partial charge in [-0.3, -0.25) is 28.8 Å². The Balaban J connectivity index is 1.34. The van der Waals surface area contributed by atoms with Gasteiger partial charge in [0.05, 0.1) is 11.7 Å². The Labute approximate surface area is 279 Å². The molecule has 2 aliphatic carbocycles. The van der Waals surface area contributed by atoms with Gasteiger partial charge < -0.3 is 25.6 Å². The lowest BCUT2D eigenvalue weighted by atomic mass is 9.88. The predicted octanol–water partition coefficient (Wildman–Crippen LogP) is 2.56. The number of aryl methyl sites for hydroxylation is 1. The van der Waals surface area contributed by atoms with Crippen molar-refractivity contribution in [3.8, 4) is 0 Å². The fraction of sp³-hybridized carbons (Fsp3) is 0.618. The highest BCUT2D eigenvalue weighted by molar-refractivity contribution is 6.01. The molecule has 2 saturated carbocycles. The highest BCUT2D eigenvalue weighted by atomic mass is 19.1. The van der Waals surface area contributed by atoms with E-state index < -0.39 is 60.2 Å². The lowest BCUT2D eigenvalue weighted by Crippen LogP contribution is -2.59. The van der Waals surface area contributed by atoms with E-state index in [2.05, 4.69) is 21.0 Å². The van der Waals surface area contributed by atoms with Crippen molar-refractivity contribution in [2.45, 2.75) is 70.1 Å². The lowest BCUT2D eigenvalue weighted by Gasteiger charge is -2.40. The van der Waals surface area contributed by atoms with E-state index in [0.29, 0.717) is 42.7 Å². The van der Waals surface area contributed by atoms with Gasteiger partial charge in [-0.25, -0.2) is 8.78 Å². The van der Waals surface area contributed by atoms with Gasteiger partial charge in [-0.2, -0.15) is 5.10 Å². The van der Waals surface area contributed by atoms with Crippen LogP contribution in [0.15, 0.2) is 30.5 Å². The van der Waals surface area contributed by atoms with Crippen LogP contribution in [0.4, 0.5) is 14.5 Å². The number of hydrogen-bond acceptors (Lipinski definition) is 7. The summed E-state index contributed by atoms with van der Waals surface area (Å²) in [5, 5.41) is 12.6. The van der Waals surface area contributed by atoms with Gasteiger partial charge in [0.15, 0.2) is 0 Å². The van der Waals surface area contributed by atoms with E-state index in [1.807, 2.05) is 11.8 Å². The van der Waals surface area contributed by atoms with Gasteiger partial charge in [-0.15, -0.1) is 0 Å². The topological polar surface area (TPSA) is 138 Å². The van der Waals surface area contributed by atoms with Gasteiger partial charge >= 0.3 is 0 Å². The molecule has 3 aliphatic rings. The maximum absolute atomic E-state index is 15.7. The molecule has 1 saturated heterocycles. The molecule has 0 spiro atoms. The number of hydrogen-bond donors (Lipinski definition) is 3. The van der Waals surface area contributed by atoms with Crippen molar-refractivity contribution in [1.82, 2.24) is 30.2 Å². The number of alkyl halides is 1. The smallest absolute Gasteiger partial charge is 0.270 e. The van der Waals surface area contributed by atoms with Crippen LogP contribution in [0.5, 0.6) is 0 Å². The molecule has 48 heavy (non-hydrogen) atoms. The molecule has 0 radical (unpaired) electrons. The zero-order valence-corrected chi connectivity index (χ0v) is 28.1. The molecule has 0 bridgehead atoms. The Kier molecular flexibility index (Phi) is 11.5. The second-order valence-corrected chi connectivity index (χ2v) is 13.3. The van der Waals surface area contributed by atoms with Gasteiger partial charge in [0, 0.05) is 45.4 Å². The second kappa shape index (κ2) is 15.5. The number of methoxy groups -OCH3 is 1. The van der Waals surface area contributed by atoms with Crippen molar-refractivity contribution >= 4 is 29.3 Å². The predicted molar refractivity (Wildman–Crippen MR) is 174 cm³/mol. The van der Waals surface area contributed by atoms with Crippen LogP contribution in [0.25, 0.3) is 0 Å². The number of benzene rings is 1. The third kappa shape index (κ3) is 8.20. The number of aromatic nitrogens is 2. The standard InChI is InChI=1S/C34H47F2N7O5/c1-5-43-27(12-13-37-43)32(45)40-31(29(21-6-7-21)22-8-9-22)33(46)38-26-11-10-23(16-25(26)36)20(2)30(39-28(44)19-48-4)34(47)42-15-14-41(3)24(17-35)18-42/h10-13,16,20-22,24,29-31H,5-9,14-15,17-19H2,1-4H3,(H,38,46)(H,39,44)(H,40,45)/t20-,24-,30+,31-/m0/s1. The maximum atomic E-state index is 15.7. The molecule has 262 valence electrons. The molecule has 1 aromatic heterocycles. The summed E-state index contributed by atoms with van der Waals surface area (Å²) in [5.74, 6) is -2.62. The minimum absolute atomic E-state index is 0.0524. The van der Waals surface area contributed by atoms with Gasteiger partial charge in [-0.05, 0) is 81.2 Å². The van der Waals surface area contributed by atoms with Crippen LogP contribution in [0.2, 0.25) is 0 Å². The molecule has 0 unspecified atom stereocenters. The zero-order chi connectivity index (χ0) is 34.5. The van der Waals surface area contributed by atoms with Gasteiger partial charge in [0.25, 0.3) is 5.91 Å². The molecule has 12 nitrogen and oxygen atoms in total. The number of carbonyl (C=O) groups excluding carboxylic acids is 4. The Morgan fingerprint density at radius 3 is 2.35 bits per heavy atom. The molecule has 2 aromatic rings. The molecule has 1 aromatic carbocycles. The number of amides is 4. The third-order valence-electron chi connectivity index (χ3n) is 9.94. The molecule has 3 N–H and O–H groups in total. The van der Waals surface area contributed by atoms with Crippen molar-refractivity contribution in [2.75, 3.05) is 52.4 Å². The largest absolute Gasteiger partial charge is 0.375 e. The molecule has 1 aliphatic heterocycles. The first-order chi connectivity index (χ1) is 23.1. The van der Waals surface area contributed by atoms with Crippen LogP contribution >= 0.6 is 0 Å². The van der Waals surface area contributed by atoms with Crippen LogP contribution in [0.1, 0.15) is 61.5 Å². The molecule has 14 heteroatoms. The van der Waals surface area contributed by atoms with E-state index in [1.54, 1.807) is 30.8 Å². The van der Waals surface area contributed by atoms with E-state index >= 15 is 4.39 Å². The summed E-state index contributed by atoms with van der Waals surface area (Å²) >= 11 is 0. The number of ether oxygens (including phenoxy) is 1. The van der Waals surface area contributed by atoms with Crippen LogP contribution in [0.3, 0.4) is 0 Å². The highest BCUT2D eigenvalue weighted by Crippen LogP contribution is 2.51. The van der Waals surface area contributed by atoms with E-state index in [1.165, 1.54) is 30.3 Å². The Morgan fingerprint density at radius 1 is 1.04 bits per heavy atom. The number of rotatable bonds is 15. The molecule has 4 amide bonds. The van der Waals surface area contributed by atoms with Crippen molar-refractivity contribution < 1.29 is 32.7 Å². The molecule has 2 heterocycles. The number of piperazine rings is 1. The zero-order valence-electron chi connectivity index (χ0n) is 28.1. The van der Waals surface area contributed by atoms with Crippen molar-refractivity contribution in [2.24, 2.45) is 17.8 Å². The highest BCUT2D eigenvalue weighted by Gasteiger charge is 2.48. The van der Waals surface area contributed by atoms with Gasteiger partial charge in [-0.1, -0.05) is 13.0 Å². The second-order valence-electron chi connectivity index (χ2n) is 13.3. The fourth-order valence-electron chi connectivity index (χ4n) is 6.80. The molecule has 3 fully saturated rings. The first-order valence-corrected chi connectivity index (χ1v) is 16.8. The maximum Gasteiger partial charge on any atom is 0.270 e.